The number of carbonyl (C=O) groups excluding carboxylic acids is 2. The van der Waals surface area contributed by atoms with E-state index in [1.54, 1.807) is 42.3 Å². The Labute approximate surface area is 184 Å². The van der Waals surface area contributed by atoms with Crippen LogP contribution < -0.4 is 5.32 Å². The van der Waals surface area contributed by atoms with Gasteiger partial charge in [-0.2, -0.15) is 0 Å². The molecule has 0 aromatic heterocycles. The predicted molar refractivity (Wildman–Crippen MR) is 118 cm³/mol. The largest absolute Gasteiger partial charge is 0.357 e. The lowest BCUT2D eigenvalue weighted by molar-refractivity contribution is -0.139. The molecule has 0 bridgehead atoms. The first-order valence-electron chi connectivity index (χ1n) is 9.12. The first-order chi connectivity index (χ1) is 13.8. The van der Waals surface area contributed by atoms with E-state index >= 15 is 0 Å². The SMILES string of the molecule is CC[C@@H](C(=O)NC)N(Cc1ccc(Cl)c(Cl)c1)C(=O)CSCc1ccc(F)cc1. The summed E-state index contributed by atoms with van der Waals surface area (Å²) in [6.07, 6.45) is 0.482. The molecule has 2 amide bonds. The molecular weight excluding hydrogens is 434 g/mol. The highest BCUT2D eigenvalue weighted by Gasteiger charge is 2.28. The maximum Gasteiger partial charge on any atom is 0.242 e. The quantitative estimate of drug-likeness (QED) is 0.582. The Kier molecular flexibility index (Phi) is 9.27. The molecule has 8 heteroatoms. The van der Waals surface area contributed by atoms with Gasteiger partial charge in [-0.3, -0.25) is 9.59 Å². The van der Waals surface area contributed by atoms with Gasteiger partial charge < -0.3 is 10.2 Å². The Morgan fingerprint density at radius 1 is 1.10 bits per heavy atom. The van der Waals surface area contributed by atoms with Crippen LogP contribution in [0.2, 0.25) is 10.0 Å². The average Bonchev–Trinajstić information content (AvgIpc) is 2.71. The summed E-state index contributed by atoms with van der Waals surface area (Å²) >= 11 is 13.5. The molecule has 0 saturated heterocycles. The summed E-state index contributed by atoms with van der Waals surface area (Å²) in [5.74, 6) is 0.109. The Morgan fingerprint density at radius 3 is 2.34 bits per heavy atom. The molecule has 4 nitrogen and oxygen atoms in total. The van der Waals surface area contributed by atoms with Gasteiger partial charge in [0.15, 0.2) is 0 Å². The van der Waals surface area contributed by atoms with Crippen molar-refractivity contribution in [3.63, 3.8) is 0 Å². The van der Waals surface area contributed by atoms with E-state index in [9.17, 15) is 14.0 Å². The fraction of sp³-hybridized carbons (Fsp3) is 0.333. The van der Waals surface area contributed by atoms with Crippen LogP contribution in [-0.2, 0) is 21.9 Å². The molecule has 0 spiro atoms. The van der Waals surface area contributed by atoms with Crippen molar-refractivity contribution < 1.29 is 14.0 Å². The van der Waals surface area contributed by atoms with Crippen molar-refractivity contribution in [2.75, 3.05) is 12.8 Å². The minimum Gasteiger partial charge on any atom is -0.357 e. The van der Waals surface area contributed by atoms with Crippen LogP contribution in [0, 0.1) is 5.82 Å². The topological polar surface area (TPSA) is 49.4 Å². The zero-order chi connectivity index (χ0) is 21.4. The van der Waals surface area contributed by atoms with Crippen molar-refractivity contribution in [1.29, 1.82) is 0 Å². The van der Waals surface area contributed by atoms with Gasteiger partial charge in [-0.05, 0) is 41.8 Å². The number of hydrogen-bond donors (Lipinski definition) is 1. The van der Waals surface area contributed by atoms with Gasteiger partial charge in [-0.1, -0.05) is 48.3 Å². The molecule has 0 heterocycles. The highest BCUT2D eigenvalue weighted by Crippen LogP contribution is 2.24. The smallest absolute Gasteiger partial charge is 0.242 e. The van der Waals surface area contributed by atoms with Gasteiger partial charge in [0, 0.05) is 19.3 Å². The van der Waals surface area contributed by atoms with E-state index in [0.29, 0.717) is 22.2 Å². The third kappa shape index (κ3) is 6.91. The highest BCUT2D eigenvalue weighted by molar-refractivity contribution is 7.99. The lowest BCUT2D eigenvalue weighted by Gasteiger charge is -2.30. The number of halogens is 3. The van der Waals surface area contributed by atoms with E-state index in [2.05, 4.69) is 5.32 Å². The average molecular weight is 457 g/mol. The van der Waals surface area contributed by atoms with Gasteiger partial charge in [0.25, 0.3) is 0 Å². The third-order valence-corrected chi connectivity index (χ3v) is 6.10. The maximum absolute atomic E-state index is 13.0. The summed E-state index contributed by atoms with van der Waals surface area (Å²) in [5.41, 5.74) is 1.72. The number of nitrogens with one attached hydrogen (secondary N) is 1. The standard InChI is InChI=1S/C21H23Cl2FN2O2S/c1-3-19(21(28)25-2)26(11-15-6-9-17(22)18(23)10-15)20(27)13-29-12-14-4-7-16(24)8-5-14/h4-10,19H,3,11-13H2,1-2H3,(H,25,28)/t19-/m0/s1. The maximum atomic E-state index is 13.0. The summed E-state index contributed by atoms with van der Waals surface area (Å²) in [5, 5.41) is 3.45. The fourth-order valence-electron chi connectivity index (χ4n) is 2.84. The van der Waals surface area contributed by atoms with Gasteiger partial charge in [-0.15, -0.1) is 11.8 Å². The van der Waals surface area contributed by atoms with Crippen molar-refractivity contribution in [2.24, 2.45) is 0 Å². The van der Waals surface area contributed by atoms with Gasteiger partial charge in [-0.25, -0.2) is 4.39 Å². The second kappa shape index (κ2) is 11.4. The van der Waals surface area contributed by atoms with Gasteiger partial charge in [0.05, 0.1) is 15.8 Å². The van der Waals surface area contributed by atoms with Crippen molar-refractivity contribution in [3.8, 4) is 0 Å². The number of amides is 2. The molecular formula is C21H23Cl2FN2O2S. The Balaban J connectivity index is 2.11. The van der Waals surface area contributed by atoms with Crippen LogP contribution in [0.4, 0.5) is 4.39 Å². The fourth-order valence-corrected chi connectivity index (χ4v) is 4.03. The zero-order valence-corrected chi connectivity index (χ0v) is 18.6. The lowest BCUT2D eigenvalue weighted by Crippen LogP contribution is -2.48. The second-order valence-corrected chi connectivity index (χ2v) is 8.23. The van der Waals surface area contributed by atoms with E-state index < -0.39 is 6.04 Å². The zero-order valence-electron chi connectivity index (χ0n) is 16.3. The van der Waals surface area contributed by atoms with Crippen LogP contribution in [0.25, 0.3) is 0 Å². The normalized spacial score (nSPS) is 11.8. The van der Waals surface area contributed by atoms with E-state index in [4.69, 9.17) is 23.2 Å². The number of carbonyl (C=O) groups is 2. The van der Waals surface area contributed by atoms with E-state index in [1.165, 1.54) is 23.9 Å². The van der Waals surface area contributed by atoms with Gasteiger partial charge in [0.1, 0.15) is 11.9 Å². The number of likely N-dealkylation sites (N-methyl/N-ethyl adjacent to an activating group) is 1. The van der Waals surface area contributed by atoms with Crippen molar-refractivity contribution >= 4 is 46.8 Å². The second-order valence-electron chi connectivity index (χ2n) is 6.43. The molecule has 2 aromatic rings. The molecule has 0 radical (unpaired) electrons. The predicted octanol–water partition coefficient (Wildman–Crippen LogP) is 4.92. The molecule has 0 aliphatic rings. The van der Waals surface area contributed by atoms with Gasteiger partial charge in [0.2, 0.25) is 11.8 Å². The number of nitrogens with zero attached hydrogens (tertiary/aromatic N) is 1. The molecule has 0 aliphatic carbocycles. The number of hydrogen-bond acceptors (Lipinski definition) is 3. The van der Waals surface area contributed by atoms with Crippen LogP contribution in [-0.4, -0.2) is 35.6 Å². The highest BCUT2D eigenvalue weighted by atomic mass is 35.5. The molecule has 2 rings (SSSR count). The van der Waals surface area contributed by atoms with E-state index in [-0.39, 0.29) is 29.9 Å². The molecule has 2 aromatic carbocycles. The molecule has 0 fully saturated rings. The monoisotopic (exact) mass is 456 g/mol. The minimum absolute atomic E-state index is 0.154. The summed E-state index contributed by atoms with van der Waals surface area (Å²) in [4.78, 5) is 26.9. The summed E-state index contributed by atoms with van der Waals surface area (Å²) < 4.78 is 13.0. The summed E-state index contributed by atoms with van der Waals surface area (Å²) in [7, 11) is 1.55. The van der Waals surface area contributed by atoms with Gasteiger partial charge >= 0.3 is 0 Å². The molecule has 1 N–H and O–H groups in total. The lowest BCUT2D eigenvalue weighted by atomic mass is 10.1. The minimum atomic E-state index is -0.589. The molecule has 0 saturated carbocycles. The third-order valence-electron chi connectivity index (χ3n) is 4.38. The van der Waals surface area contributed by atoms with Crippen LogP contribution in [0.15, 0.2) is 42.5 Å². The van der Waals surface area contributed by atoms with Crippen molar-refractivity contribution in [1.82, 2.24) is 10.2 Å². The van der Waals surface area contributed by atoms with Crippen LogP contribution >= 0.6 is 35.0 Å². The van der Waals surface area contributed by atoms with Crippen molar-refractivity contribution in [2.45, 2.75) is 31.7 Å². The number of thioether (sulfide) groups is 1. The van der Waals surface area contributed by atoms with E-state index in [0.717, 1.165) is 11.1 Å². The molecule has 1 atom stereocenters. The molecule has 0 unspecified atom stereocenters. The Hall–Kier alpha value is -1.76. The van der Waals surface area contributed by atoms with Crippen LogP contribution in [0.3, 0.4) is 0 Å². The summed E-state index contributed by atoms with van der Waals surface area (Å²) in [6, 6.07) is 10.8. The van der Waals surface area contributed by atoms with Crippen molar-refractivity contribution in [3.05, 3.63) is 69.5 Å². The summed E-state index contributed by atoms with van der Waals surface area (Å²) in [6.45, 7) is 2.11. The van der Waals surface area contributed by atoms with Crippen LogP contribution in [0.5, 0.6) is 0 Å². The molecule has 156 valence electrons. The number of benzene rings is 2. The Bertz CT molecular complexity index is 849. The molecule has 29 heavy (non-hydrogen) atoms. The molecule has 0 aliphatic heterocycles. The first-order valence-corrected chi connectivity index (χ1v) is 11.0. The number of rotatable bonds is 9. The Morgan fingerprint density at radius 2 is 1.76 bits per heavy atom. The van der Waals surface area contributed by atoms with Crippen LogP contribution in [0.1, 0.15) is 24.5 Å². The first kappa shape index (κ1) is 23.5. The van der Waals surface area contributed by atoms with E-state index in [1.807, 2.05) is 6.92 Å².